The molecule has 0 radical (unpaired) electrons. The van der Waals surface area contributed by atoms with Crippen LogP contribution in [0.3, 0.4) is 0 Å². The summed E-state index contributed by atoms with van der Waals surface area (Å²) in [7, 11) is -3.74. The summed E-state index contributed by atoms with van der Waals surface area (Å²) < 4.78 is 88.9. The Balaban J connectivity index is 0.000000383. The number of nitrogens with two attached hydrogens (primary N) is 1. The lowest BCUT2D eigenvalue weighted by atomic mass is 10.0. The van der Waals surface area contributed by atoms with Gasteiger partial charge in [-0.3, -0.25) is 4.79 Å². The second kappa shape index (κ2) is 11.7. The van der Waals surface area contributed by atoms with Crippen molar-refractivity contribution >= 4 is 32.8 Å². The average molecular weight is 546 g/mol. The van der Waals surface area contributed by atoms with Crippen LogP contribution in [0.2, 0.25) is 0 Å². The lowest BCUT2D eigenvalue weighted by Gasteiger charge is -2.09. The van der Waals surface area contributed by atoms with Crippen molar-refractivity contribution in [2.24, 2.45) is 5.73 Å². The zero-order valence-electron chi connectivity index (χ0n) is 17.5. The summed E-state index contributed by atoms with van der Waals surface area (Å²) in [6.45, 7) is 0. The van der Waals surface area contributed by atoms with E-state index in [-0.39, 0.29) is 10.9 Å². The van der Waals surface area contributed by atoms with E-state index in [1.807, 2.05) is 4.72 Å². The van der Waals surface area contributed by atoms with Crippen LogP contribution in [0.4, 0.5) is 26.3 Å². The fourth-order valence-corrected chi connectivity index (χ4v) is 3.43. The van der Waals surface area contributed by atoms with Crippen molar-refractivity contribution in [3.63, 3.8) is 0 Å². The normalized spacial score (nSPS) is 15.3. The second-order valence-corrected chi connectivity index (χ2v) is 8.22. The molecule has 2 heterocycles. The number of carboxylic acid groups (broad SMARTS) is 2. The SMILES string of the molecule is NC(Cc1ccc(C2=CC(=O)NS2(=O)=O)cc1)c1ncc[nH]1.O=C(O)C(F)(F)F.O=C(O)C(F)(F)F. The number of nitrogens with one attached hydrogen (secondary N) is 2. The van der Waals surface area contributed by atoms with Gasteiger partial charge in [0.15, 0.2) is 0 Å². The summed E-state index contributed by atoms with van der Waals surface area (Å²) in [4.78, 5) is 36.0. The van der Waals surface area contributed by atoms with Crippen LogP contribution in [0, 0.1) is 0 Å². The van der Waals surface area contributed by atoms with E-state index in [4.69, 9.17) is 25.5 Å². The van der Waals surface area contributed by atoms with Gasteiger partial charge in [-0.1, -0.05) is 24.3 Å². The molecule has 198 valence electrons. The van der Waals surface area contributed by atoms with Gasteiger partial charge in [0.1, 0.15) is 10.7 Å². The van der Waals surface area contributed by atoms with Crippen LogP contribution in [-0.2, 0) is 30.8 Å². The summed E-state index contributed by atoms with van der Waals surface area (Å²) in [6.07, 6.45) is -5.17. The number of halogens is 6. The van der Waals surface area contributed by atoms with Crippen molar-refractivity contribution in [3.05, 3.63) is 59.7 Å². The van der Waals surface area contributed by atoms with E-state index in [0.717, 1.165) is 11.6 Å². The summed E-state index contributed by atoms with van der Waals surface area (Å²) >= 11 is 0. The minimum absolute atomic E-state index is 0.0145. The molecule has 1 aromatic carbocycles. The Bertz CT molecular complexity index is 1180. The Morgan fingerprint density at radius 2 is 1.47 bits per heavy atom. The number of amides is 1. The highest BCUT2D eigenvalue weighted by molar-refractivity contribution is 7.99. The minimum atomic E-state index is -5.08. The van der Waals surface area contributed by atoms with Crippen LogP contribution in [0.5, 0.6) is 0 Å². The van der Waals surface area contributed by atoms with E-state index in [0.29, 0.717) is 17.8 Å². The first-order valence-electron chi connectivity index (χ1n) is 9.07. The molecule has 0 spiro atoms. The molecule has 1 atom stereocenters. The molecule has 1 aliphatic heterocycles. The summed E-state index contributed by atoms with van der Waals surface area (Å²) in [5.41, 5.74) is 7.45. The van der Waals surface area contributed by atoms with Crippen molar-refractivity contribution in [2.45, 2.75) is 24.8 Å². The van der Waals surface area contributed by atoms with Gasteiger partial charge in [-0.15, -0.1) is 0 Å². The molecule has 11 nitrogen and oxygen atoms in total. The fraction of sp³-hybridized carbons (Fsp3) is 0.222. The van der Waals surface area contributed by atoms with Gasteiger partial charge in [-0.25, -0.2) is 27.7 Å². The van der Waals surface area contributed by atoms with E-state index in [9.17, 15) is 39.6 Å². The number of carbonyl (C=O) groups is 3. The van der Waals surface area contributed by atoms with Crippen LogP contribution >= 0.6 is 0 Å². The number of carboxylic acids is 2. The molecule has 1 unspecified atom stereocenters. The molecule has 3 rings (SSSR count). The molecular weight excluding hydrogens is 530 g/mol. The van der Waals surface area contributed by atoms with Gasteiger partial charge in [0.2, 0.25) is 0 Å². The number of benzene rings is 1. The Kier molecular flexibility index (Phi) is 9.76. The third kappa shape index (κ3) is 9.37. The molecule has 0 aliphatic carbocycles. The van der Waals surface area contributed by atoms with Gasteiger partial charge in [0.25, 0.3) is 15.9 Å². The summed E-state index contributed by atoms with van der Waals surface area (Å²) in [5, 5.41) is 14.2. The number of hydrogen-bond acceptors (Lipinski definition) is 7. The van der Waals surface area contributed by atoms with E-state index >= 15 is 0 Å². The maximum atomic E-state index is 11.8. The zero-order valence-corrected chi connectivity index (χ0v) is 18.3. The Morgan fingerprint density at radius 1 is 1.00 bits per heavy atom. The maximum Gasteiger partial charge on any atom is 0.490 e. The van der Waals surface area contributed by atoms with E-state index in [2.05, 4.69) is 9.97 Å². The number of imidazole rings is 1. The first-order chi connectivity index (χ1) is 16.3. The van der Waals surface area contributed by atoms with Crippen molar-refractivity contribution in [3.8, 4) is 0 Å². The molecule has 0 saturated carbocycles. The monoisotopic (exact) mass is 546 g/mol. The number of aliphatic carboxylic acids is 2. The average Bonchev–Trinajstić information content (AvgIpc) is 3.35. The predicted octanol–water partition coefficient (Wildman–Crippen LogP) is 1.72. The highest BCUT2D eigenvalue weighted by Crippen LogP contribution is 2.25. The van der Waals surface area contributed by atoms with Crippen LogP contribution in [-0.4, -0.2) is 58.8 Å². The van der Waals surface area contributed by atoms with Crippen molar-refractivity contribution < 1.29 is 59.4 Å². The van der Waals surface area contributed by atoms with Crippen LogP contribution in [0.15, 0.2) is 42.7 Å². The summed E-state index contributed by atoms with van der Waals surface area (Å²) in [5.74, 6) is -5.45. The number of carbonyl (C=O) groups excluding carboxylic acids is 1. The third-order valence-electron chi connectivity index (χ3n) is 3.84. The zero-order chi connectivity index (χ0) is 27.9. The van der Waals surface area contributed by atoms with E-state index < -0.39 is 40.2 Å². The first kappa shape index (κ1) is 30.1. The van der Waals surface area contributed by atoms with Crippen LogP contribution < -0.4 is 10.5 Å². The smallest absolute Gasteiger partial charge is 0.475 e. The maximum absolute atomic E-state index is 11.8. The number of aromatic amines is 1. The van der Waals surface area contributed by atoms with Crippen LogP contribution in [0.25, 0.3) is 4.91 Å². The molecular formula is C18H16F6N4O7S. The Hall–Kier alpha value is -3.93. The van der Waals surface area contributed by atoms with Gasteiger partial charge < -0.3 is 20.9 Å². The van der Waals surface area contributed by atoms with Crippen molar-refractivity contribution in [2.75, 3.05) is 0 Å². The number of sulfonamides is 1. The van der Waals surface area contributed by atoms with Gasteiger partial charge in [0, 0.05) is 18.5 Å². The molecule has 18 heteroatoms. The molecule has 0 bridgehead atoms. The second-order valence-electron chi connectivity index (χ2n) is 6.57. The van der Waals surface area contributed by atoms with Gasteiger partial charge in [0.05, 0.1) is 6.04 Å². The topological polar surface area (TPSA) is 193 Å². The van der Waals surface area contributed by atoms with Gasteiger partial charge in [-0.2, -0.15) is 26.3 Å². The van der Waals surface area contributed by atoms with Gasteiger partial charge >= 0.3 is 24.3 Å². The molecule has 0 fully saturated rings. The molecule has 6 N–H and O–H groups in total. The standard InChI is InChI=1S/C14H14N4O3S.2C2HF3O2/c15-11(14-16-5-6-17-14)7-9-1-3-10(4-2-9)12-8-13(19)18-22(12,20)21;2*3-2(4,5)1(6)7/h1-6,8,11H,7,15H2,(H,16,17)(H,18,19);2*(H,6,7). The van der Waals surface area contributed by atoms with E-state index in [1.54, 1.807) is 36.7 Å². The van der Waals surface area contributed by atoms with Crippen molar-refractivity contribution in [1.82, 2.24) is 14.7 Å². The highest BCUT2D eigenvalue weighted by atomic mass is 32.2. The number of aromatic nitrogens is 2. The molecule has 1 amide bonds. The fourth-order valence-electron chi connectivity index (χ4n) is 2.29. The number of rotatable bonds is 4. The third-order valence-corrected chi connectivity index (χ3v) is 5.24. The number of alkyl halides is 6. The number of nitrogens with zero attached hydrogens (tertiary/aromatic N) is 1. The largest absolute Gasteiger partial charge is 0.490 e. The first-order valence-corrected chi connectivity index (χ1v) is 10.6. The lowest BCUT2D eigenvalue weighted by molar-refractivity contribution is -0.193. The number of H-pyrrole nitrogens is 1. The molecule has 0 saturated heterocycles. The van der Waals surface area contributed by atoms with Crippen molar-refractivity contribution in [1.29, 1.82) is 0 Å². The Labute approximate surface area is 197 Å². The van der Waals surface area contributed by atoms with E-state index in [1.165, 1.54) is 0 Å². The molecule has 2 aromatic rings. The lowest BCUT2D eigenvalue weighted by Crippen LogP contribution is -2.22. The molecule has 1 aliphatic rings. The quantitative estimate of drug-likeness (QED) is 0.355. The van der Waals surface area contributed by atoms with Crippen LogP contribution in [0.1, 0.15) is 23.0 Å². The molecule has 1 aromatic heterocycles. The summed E-state index contributed by atoms with van der Waals surface area (Å²) in [6, 6.07) is 6.63. The highest BCUT2D eigenvalue weighted by Gasteiger charge is 2.38. The minimum Gasteiger partial charge on any atom is -0.475 e. The number of hydrogen-bond donors (Lipinski definition) is 5. The van der Waals surface area contributed by atoms with Gasteiger partial charge in [-0.05, 0) is 17.5 Å². The molecule has 36 heavy (non-hydrogen) atoms. The predicted molar refractivity (Wildman–Crippen MR) is 108 cm³/mol. The Morgan fingerprint density at radius 3 is 1.81 bits per heavy atom.